The van der Waals surface area contributed by atoms with Gasteiger partial charge in [0.2, 0.25) is 0 Å². The van der Waals surface area contributed by atoms with Crippen molar-refractivity contribution in [2.75, 3.05) is 19.8 Å². The lowest BCUT2D eigenvalue weighted by Gasteiger charge is -2.35. The van der Waals surface area contributed by atoms with Crippen molar-refractivity contribution in [1.82, 2.24) is 10.2 Å². The van der Waals surface area contributed by atoms with Crippen LogP contribution in [0.5, 0.6) is 0 Å². The van der Waals surface area contributed by atoms with Gasteiger partial charge in [-0.3, -0.25) is 0 Å². The SMILES string of the molecule is N#Cc1ccc(CNC(=O)N2CCOC[C@@H]2c2ccc(F)cc2)s1. The number of hydrogen-bond donors (Lipinski definition) is 1. The molecule has 0 radical (unpaired) electrons. The molecule has 0 spiro atoms. The van der Waals surface area contributed by atoms with Gasteiger partial charge in [0.05, 0.1) is 25.8 Å². The van der Waals surface area contributed by atoms with Gasteiger partial charge < -0.3 is 15.0 Å². The molecule has 1 atom stereocenters. The maximum atomic E-state index is 13.1. The third-order valence-electron chi connectivity index (χ3n) is 3.83. The van der Waals surface area contributed by atoms with Crippen LogP contribution in [0, 0.1) is 17.1 Å². The lowest BCUT2D eigenvalue weighted by atomic mass is 10.1. The van der Waals surface area contributed by atoms with Gasteiger partial charge in [-0.1, -0.05) is 12.1 Å². The minimum Gasteiger partial charge on any atom is -0.377 e. The van der Waals surface area contributed by atoms with E-state index in [1.54, 1.807) is 23.1 Å². The molecule has 0 unspecified atom stereocenters. The van der Waals surface area contributed by atoms with Crippen LogP contribution < -0.4 is 5.32 Å². The van der Waals surface area contributed by atoms with Crippen LogP contribution in [-0.4, -0.2) is 30.7 Å². The zero-order chi connectivity index (χ0) is 16.9. The number of nitrogens with zero attached hydrogens (tertiary/aromatic N) is 2. The molecule has 0 bridgehead atoms. The van der Waals surface area contributed by atoms with E-state index in [0.29, 0.717) is 31.2 Å². The molecule has 24 heavy (non-hydrogen) atoms. The molecule has 0 aliphatic carbocycles. The Kier molecular flexibility index (Phi) is 5.08. The van der Waals surface area contributed by atoms with E-state index >= 15 is 0 Å². The van der Waals surface area contributed by atoms with Crippen molar-refractivity contribution >= 4 is 17.4 Å². The highest BCUT2D eigenvalue weighted by Gasteiger charge is 2.28. The van der Waals surface area contributed by atoms with Gasteiger partial charge in [0, 0.05) is 11.4 Å². The second kappa shape index (κ2) is 7.43. The molecule has 1 aromatic carbocycles. The number of carbonyl (C=O) groups excluding carboxylic acids is 1. The fourth-order valence-electron chi connectivity index (χ4n) is 2.61. The largest absolute Gasteiger partial charge is 0.377 e. The van der Waals surface area contributed by atoms with Crippen molar-refractivity contribution in [2.24, 2.45) is 0 Å². The van der Waals surface area contributed by atoms with Crippen LogP contribution in [0.15, 0.2) is 36.4 Å². The third-order valence-corrected chi connectivity index (χ3v) is 4.82. The van der Waals surface area contributed by atoms with Gasteiger partial charge in [0.1, 0.15) is 16.8 Å². The van der Waals surface area contributed by atoms with Crippen molar-refractivity contribution in [3.63, 3.8) is 0 Å². The number of nitriles is 1. The Bertz CT molecular complexity index is 754. The summed E-state index contributed by atoms with van der Waals surface area (Å²) in [7, 11) is 0. The van der Waals surface area contributed by atoms with E-state index in [4.69, 9.17) is 10.00 Å². The van der Waals surface area contributed by atoms with E-state index in [9.17, 15) is 9.18 Å². The number of ether oxygens (including phenoxy) is 1. The Morgan fingerprint density at radius 2 is 2.17 bits per heavy atom. The zero-order valence-electron chi connectivity index (χ0n) is 12.9. The maximum Gasteiger partial charge on any atom is 0.318 e. The van der Waals surface area contributed by atoms with Crippen molar-refractivity contribution in [3.05, 3.63) is 57.5 Å². The van der Waals surface area contributed by atoms with Gasteiger partial charge in [-0.2, -0.15) is 5.26 Å². The Balaban J connectivity index is 1.67. The van der Waals surface area contributed by atoms with Crippen molar-refractivity contribution in [1.29, 1.82) is 5.26 Å². The molecule has 1 saturated heterocycles. The molecule has 0 saturated carbocycles. The highest BCUT2D eigenvalue weighted by Crippen LogP contribution is 2.24. The molecule has 1 aromatic heterocycles. The van der Waals surface area contributed by atoms with Crippen LogP contribution in [0.1, 0.15) is 21.4 Å². The summed E-state index contributed by atoms with van der Waals surface area (Å²) in [6, 6.07) is 11.3. The maximum absolute atomic E-state index is 13.1. The first-order valence-corrected chi connectivity index (χ1v) is 8.35. The smallest absolute Gasteiger partial charge is 0.318 e. The number of thiophene rings is 1. The second-order valence-corrected chi connectivity index (χ2v) is 6.54. The monoisotopic (exact) mass is 345 g/mol. The number of nitrogens with one attached hydrogen (secondary N) is 1. The number of urea groups is 1. The number of hydrogen-bond acceptors (Lipinski definition) is 4. The quantitative estimate of drug-likeness (QED) is 0.930. The van der Waals surface area contributed by atoms with E-state index in [1.165, 1.54) is 23.5 Å². The Hall–Kier alpha value is -2.43. The lowest BCUT2D eigenvalue weighted by molar-refractivity contribution is 0.0116. The van der Waals surface area contributed by atoms with Gasteiger partial charge >= 0.3 is 6.03 Å². The molecular weight excluding hydrogens is 329 g/mol. The van der Waals surface area contributed by atoms with Gasteiger partial charge in [-0.15, -0.1) is 11.3 Å². The first-order valence-electron chi connectivity index (χ1n) is 7.54. The second-order valence-electron chi connectivity index (χ2n) is 5.37. The van der Waals surface area contributed by atoms with Crippen LogP contribution in [-0.2, 0) is 11.3 Å². The van der Waals surface area contributed by atoms with E-state index in [-0.39, 0.29) is 17.9 Å². The summed E-state index contributed by atoms with van der Waals surface area (Å²) in [6.07, 6.45) is 0. The van der Waals surface area contributed by atoms with Gasteiger partial charge in [0.15, 0.2) is 0 Å². The fraction of sp³-hybridized carbons (Fsp3) is 0.294. The predicted molar refractivity (Wildman–Crippen MR) is 87.9 cm³/mol. The standard InChI is InChI=1S/C17H16FN3O2S/c18-13-3-1-12(2-4-13)16-11-23-8-7-21(16)17(22)20-10-15-6-5-14(9-19)24-15/h1-6,16H,7-8,10-11H2,(H,20,22)/t16-/m1/s1. The summed E-state index contributed by atoms with van der Waals surface area (Å²) in [4.78, 5) is 15.8. The average Bonchev–Trinajstić information content (AvgIpc) is 3.08. The zero-order valence-corrected chi connectivity index (χ0v) is 13.7. The first kappa shape index (κ1) is 16.4. The minimum absolute atomic E-state index is 0.195. The molecule has 1 N–H and O–H groups in total. The summed E-state index contributed by atoms with van der Waals surface area (Å²) in [5, 5.41) is 11.7. The molecule has 1 aliphatic heterocycles. The number of morpholine rings is 1. The van der Waals surface area contributed by atoms with Crippen molar-refractivity contribution in [2.45, 2.75) is 12.6 Å². The molecule has 1 fully saturated rings. The molecule has 5 nitrogen and oxygen atoms in total. The average molecular weight is 345 g/mol. The minimum atomic E-state index is -0.308. The number of rotatable bonds is 3. The molecule has 1 aliphatic rings. The fourth-order valence-corrected chi connectivity index (χ4v) is 3.35. The highest BCUT2D eigenvalue weighted by molar-refractivity contribution is 7.12. The molecule has 7 heteroatoms. The number of benzene rings is 1. The van der Waals surface area contributed by atoms with E-state index in [0.717, 1.165) is 10.4 Å². The summed E-state index contributed by atoms with van der Waals surface area (Å²) in [5.74, 6) is -0.308. The first-order chi connectivity index (χ1) is 11.7. The highest BCUT2D eigenvalue weighted by atomic mass is 32.1. The molecule has 124 valence electrons. The summed E-state index contributed by atoms with van der Waals surface area (Å²) >= 11 is 1.36. The molecule has 2 heterocycles. The van der Waals surface area contributed by atoms with Gasteiger partial charge in [0.25, 0.3) is 0 Å². The Morgan fingerprint density at radius 1 is 1.38 bits per heavy atom. The Labute approximate surface area is 143 Å². The van der Waals surface area contributed by atoms with Crippen LogP contribution in [0.25, 0.3) is 0 Å². The normalized spacial score (nSPS) is 17.3. The van der Waals surface area contributed by atoms with Crippen LogP contribution in [0.3, 0.4) is 0 Å². The Morgan fingerprint density at radius 3 is 2.88 bits per heavy atom. The van der Waals surface area contributed by atoms with Gasteiger partial charge in [-0.25, -0.2) is 9.18 Å². The number of carbonyl (C=O) groups is 1. The molecular formula is C17H16FN3O2S. The van der Waals surface area contributed by atoms with Crippen LogP contribution in [0.4, 0.5) is 9.18 Å². The molecule has 2 amide bonds. The summed E-state index contributed by atoms with van der Waals surface area (Å²) in [6.45, 7) is 1.71. The summed E-state index contributed by atoms with van der Waals surface area (Å²) in [5.41, 5.74) is 0.842. The summed E-state index contributed by atoms with van der Waals surface area (Å²) < 4.78 is 18.6. The topological polar surface area (TPSA) is 65.4 Å². The van der Waals surface area contributed by atoms with Crippen molar-refractivity contribution < 1.29 is 13.9 Å². The lowest BCUT2D eigenvalue weighted by Crippen LogP contribution is -2.47. The van der Waals surface area contributed by atoms with Crippen molar-refractivity contribution in [3.8, 4) is 6.07 Å². The third kappa shape index (κ3) is 3.72. The molecule has 3 rings (SSSR count). The van der Waals surface area contributed by atoms with E-state index in [2.05, 4.69) is 11.4 Å². The van der Waals surface area contributed by atoms with Crippen LogP contribution in [0.2, 0.25) is 0 Å². The number of halogens is 1. The number of amides is 2. The van der Waals surface area contributed by atoms with Gasteiger partial charge in [-0.05, 0) is 29.8 Å². The van der Waals surface area contributed by atoms with Crippen LogP contribution >= 0.6 is 11.3 Å². The predicted octanol–water partition coefficient (Wildman–Crippen LogP) is 3.04. The van der Waals surface area contributed by atoms with E-state index in [1.807, 2.05) is 6.07 Å². The van der Waals surface area contributed by atoms with E-state index < -0.39 is 0 Å². The molecule has 2 aromatic rings.